The van der Waals surface area contributed by atoms with Crippen LogP contribution in [-0.4, -0.2) is 22.5 Å². The van der Waals surface area contributed by atoms with Gasteiger partial charge in [0.1, 0.15) is 11.5 Å². The Kier molecular flexibility index (Phi) is 6.98. The minimum absolute atomic E-state index is 0.232. The quantitative estimate of drug-likeness (QED) is 0.367. The van der Waals surface area contributed by atoms with Gasteiger partial charge < -0.3 is 10.2 Å². The van der Waals surface area contributed by atoms with Crippen LogP contribution in [-0.2, 0) is 23.6 Å². The summed E-state index contributed by atoms with van der Waals surface area (Å²) < 4.78 is 0. The van der Waals surface area contributed by atoms with Gasteiger partial charge in [0, 0.05) is 22.7 Å². The maximum absolute atomic E-state index is 10.7. The molecule has 0 aliphatic heterocycles. The fourth-order valence-corrected chi connectivity index (χ4v) is 13.7. The Labute approximate surface area is 199 Å². The van der Waals surface area contributed by atoms with Gasteiger partial charge in [-0.1, -0.05) is 109 Å². The van der Waals surface area contributed by atoms with Gasteiger partial charge in [-0.3, -0.25) is 0 Å². The van der Waals surface area contributed by atoms with E-state index in [9.17, 15) is 10.2 Å². The first-order valence-electron chi connectivity index (χ1n) is 10.3. The molecule has 4 rings (SSSR count). The van der Waals surface area contributed by atoms with Crippen LogP contribution in [0.1, 0.15) is 0 Å². The number of phenols is 2. The lowest BCUT2D eigenvalue weighted by molar-refractivity contribution is 0.479. The number of hydrogen-bond donors (Lipinski definition) is 2. The lowest BCUT2D eigenvalue weighted by atomic mass is 10.3. The van der Waals surface area contributed by atoms with E-state index in [1.165, 1.54) is 0 Å². The molecular formula is C26H24O2P2S2. The average Bonchev–Trinajstić information content (AvgIpc) is 2.84. The Morgan fingerprint density at radius 3 is 1.12 bits per heavy atom. The third-order valence-electron chi connectivity index (χ3n) is 5.62. The van der Waals surface area contributed by atoms with Crippen LogP contribution in [0.4, 0.5) is 0 Å². The monoisotopic (exact) mass is 494 g/mol. The van der Waals surface area contributed by atoms with Crippen molar-refractivity contribution < 1.29 is 10.2 Å². The fraction of sp³-hybridized carbons (Fsp3) is 0.0769. The number of para-hydroxylation sites is 2. The minimum Gasteiger partial charge on any atom is -0.507 e. The highest BCUT2D eigenvalue weighted by Crippen LogP contribution is 2.53. The molecule has 2 N–H and O–H groups in total. The van der Waals surface area contributed by atoms with Crippen LogP contribution < -0.4 is 21.2 Å². The van der Waals surface area contributed by atoms with E-state index in [1.54, 1.807) is 12.1 Å². The van der Waals surface area contributed by atoms with Gasteiger partial charge in [0.15, 0.2) is 0 Å². The van der Waals surface area contributed by atoms with E-state index in [2.05, 4.69) is 24.3 Å². The molecule has 0 heterocycles. The van der Waals surface area contributed by atoms with Gasteiger partial charge in [0.2, 0.25) is 0 Å². The molecule has 0 aliphatic rings. The Morgan fingerprint density at radius 1 is 0.469 bits per heavy atom. The van der Waals surface area contributed by atoms with E-state index >= 15 is 0 Å². The van der Waals surface area contributed by atoms with Crippen molar-refractivity contribution in [2.24, 2.45) is 0 Å². The third-order valence-corrected chi connectivity index (χ3v) is 15.8. The molecule has 0 saturated carbocycles. The molecule has 32 heavy (non-hydrogen) atoms. The number of phenolic OH excluding ortho intramolecular Hbond substituents is 2. The summed E-state index contributed by atoms with van der Waals surface area (Å²) in [6, 6.07) is 30.2. The van der Waals surface area contributed by atoms with Gasteiger partial charge in [0.05, 0.1) is 0 Å². The first-order valence-corrected chi connectivity index (χ1v) is 16.3. The predicted octanol–water partition coefficient (Wildman–Crippen LogP) is 4.66. The second-order valence-electron chi connectivity index (χ2n) is 7.58. The molecule has 0 aromatic heterocycles. The highest BCUT2D eigenvalue weighted by Gasteiger charge is 2.31. The van der Waals surface area contributed by atoms with Crippen LogP contribution in [0.3, 0.4) is 0 Å². The molecule has 4 aromatic carbocycles. The summed E-state index contributed by atoms with van der Waals surface area (Å²) in [5.41, 5.74) is 0. The molecule has 2 atom stereocenters. The van der Waals surface area contributed by atoms with Gasteiger partial charge >= 0.3 is 0 Å². The van der Waals surface area contributed by atoms with Crippen LogP contribution in [0.15, 0.2) is 109 Å². The molecule has 2 unspecified atom stereocenters. The van der Waals surface area contributed by atoms with Gasteiger partial charge in [-0.2, -0.15) is 0 Å². The first kappa shape index (κ1) is 23.0. The molecule has 0 fully saturated rings. The zero-order chi connectivity index (χ0) is 22.6. The zero-order valence-electron chi connectivity index (χ0n) is 17.4. The predicted molar refractivity (Wildman–Crippen MR) is 146 cm³/mol. The lowest BCUT2D eigenvalue weighted by Crippen LogP contribution is -2.24. The standard InChI is InChI=1S/C26H24O2P2S2/c27-23-15-7-9-17-25(23)29(31,21-11-3-1-4-12-21)19-20-30(32,22-13-5-2-6-14-22)26-18-10-8-16-24(26)28/h1-18,27-28H,19-20H2. The van der Waals surface area contributed by atoms with Crippen LogP contribution >= 0.6 is 12.1 Å². The molecule has 0 spiro atoms. The topological polar surface area (TPSA) is 40.5 Å². The van der Waals surface area contributed by atoms with Crippen LogP contribution in [0.2, 0.25) is 0 Å². The molecule has 0 saturated heterocycles. The number of hydrogen-bond acceptors (Lipinski definition) is 4. The van der Waals surface area contributed by atoms with Crippen molar-refractivity contribution in [3.63, 3.8) is 0 Å². The summed E-state index contributed by atoms with van der Waals surface area (Å²) in [6.45, 7) is 0. The molecule has 162 valence electrons. The molecule has 2 nitrogen and oxygen atoms in total. The minimum atomic E-state index is -2.35. The summed E-state index contributed by atoms with van der Waals surface area (Å²) >= 11 is 12.8. The SMILES string of the molecule is Oc1ccccc1P(=S)(CCP(=S)(c1ccccc1)c1ccccc1O)c1ccccc1. The average molecular weight is 495 g/mol. The first-order chi connectivity index (χ1) is 15.4. The van der Waals surface area contributed by atoms with E-state index in [0.717, 1.165) is 21.2 Å². The molecular weight excluding hydrogens is 470 g/mol. The van der Waals surface area contributed by atoms with Gasteiger partial charge in [-0.15, -0.1) is 0 Å². The largest absolute Gasteiger partial charge is 0.507 e. The van der Waals surface area contributed by atoms with Gasteiger partial charge in [-0.05, 0) is 47.2 Å². The number of rotatable bonds is 7. The van der Waals surface area contributed by atoms with Crippen molar-refractivity contribution in [2.45, 2.75) is 0 Å². The lowest BCUT2D eigenvalue weighted by Gasteiger charge is -2.29. The summed E-state index contributed by atoms with van der Waals surface area (Å²) in [5, 5.41) is 25.2. The van der Waals surface area contributed by atoms with E-state index in [1.807, 2.05) is 72.8 Å². The molecule has 4 aromatic rings. The highest BCUT2D eigenvalue weighted by atomic mass is 32.4. The maximum atomic E-state index is 10.7. The van der Waals surface area contributed by atoms with Crippen molar-refractivity contribution >= 4 is 56.9 Å². The summed E-state index contributed by atoms with van der Waals surface area (Å²) in [7, 11) is 0. The van der Waals surface area contributed by atoms with E-state index in [-0.39, 0.29) is 11.5 Å². The summed E-state index contributed by atoms with van der Waals surface area (Å²) in [4.78, 5) is 0. The van der Waals surface area contributed by atoms with Gasteiger partial charge in [-0.25, -0.2) is 0 Å². The molecule has 0 aliphatic carbocycles. The second kappa shape index (κ2) is 9.73. The maximum Gasteiger partial charge on any atom is 0.124 e. The highest BCUT2D eigenvalue weighted by molar-refractivity contribution is 8.24. The summed E-state index contributed by atoms with van der Waals surface area (Å²) in [5.74, 6) is 0.463. The van der Waals surface area contributed by atoms with Crippen molar-refractivity contribution in [3.05, 3.63) is 109 Å². The zero-order valence-corrected chi connectivity index (χ0v) is 20.8. The number of aromatic hydroxyl groups is 2. The Hall–Kier alpha value is -2.22. The Balaban J connectivity index is 1.84. The third kappa shape index (κ3) is 4.47. The van der Waals surface area contributed by atoms with E-state index in [0.29, 0.717) is 12.3 Å². The molecule has 0 amide bonds. The summed E-state index contributed by atoms with van der Waals surface area (Å²) in [6.07, 6.45) is 1.31. The molecule has 0 bridgehead atoms. The Bertz CT molecular complexity index is 1200. The molecule has 6 heteroatoms. The van der Waals surface area contributed by atoms with Gasteiger partial charge in [0.25, 0.3) is 0 Å². The molecule has 0 radical (unpaired) electrons. The Morgan fingerprint density at radius 2 is 0.781 bits per heavy atom. The second-order valence-corrected chi connectivity index (χ2v) is 17.2. The van der Waals surface area contributed by atoms with Crippen molar-refractivity contribution in [1.82, 2.24) is 0 Å². The van der Waals surface area contributed by atoms with E-state index < -0.39 is 12.1 Å². The van der Waals surface area contributed by atoms with Crippen LogP contribution in [0.5, 0.6) is 11.5 Å². The van der Waals surface area contributed by atoms with Crippen molar-refractivity contribution in [3.8, 4) is 11.5 Å². The van der Waals surface area contributed by atoms with Crippen LogP contribution in [0, 0.1) is 0 Å². The smallest absolute Gasteiger partial charge is 0.124 e. The fourth-order valence-electron chi connectivity index (χ4n) is 3.94. The van der Waals surface area contributed by atoms with E-state index in [4.69, 9.17) is 23.6 Å². The van der Waals surface area contributed by atoms with Crippen LogP contribution in [0.25, 0.3) is 0 Å². The number of benzene rings is 4. The van der Waals surface area contributed by atoms with Crippen molar-refractivity contribution in [1.29, 1.82) is 0 Å². The normalized spacial score (nSPS) is 14.9. The van der Waals surface area contributed by atoms with Crippen molar-refractivity contribution in [2.75, 3.05) is 12.3 Å².